The van der Waals surface area contributed by atoms with E-state index >= 15 is 0 Å². The van der Waals surface area contributed by atoms with Gasteiger partial charge in [-0.1, -0.05) is 273 Å². The van der Waals surface area contributed by atoms with E-state index in [1.54, 1.807) is 0 Å². The molecule has 0 unspecified atom stereocenters. The van der Waals surface area contributed by atoms with E-state index in [-0.39, 0.29) is 0 Å². The van der Waals surface area contributed by atoms with Crippen molar-refractivity contribution in [3.05, 3.63) is 419 Å². The highest BCUT2D eigenvalue weighted by Crippen LogP contribution is 2.46. The van der Waals surface area contributed by atoms with Crippen LogP contribution < -0.4 is 9.80 Å². The Bertz CT molecular complexity index is 6780. The predicted octanol–water partition coefficient (Wildman–Crippen LogP) is 28.6. The molecular weight excluding hydrogens is 1320 g/mol. The van der Waals surface area contributed by atoms with E-state index in [0.717, 1.165) is 79.0 Å². The molecule has 0 atom stereocenters. The van der Waals surface area contributed by atoms with Crippen LogP contribution in [0.3, 0.4) is 0 Å². The quantitative estimate of drug-likeness (QED) is 0.108. The van der Waals surface area contributed by atoms with Gasteiger partial charge in [-0.15, -0.1) is 0 Å². The van der Waals surface area contributed by atoms with Crippen molar-refractivity contribution in [3.63, 3.8) is 0 Å². The fourth-order valence-electron chi connectivity index (χ4n) is 17.1. The normalized spacial score (nSPS) is 11.7. The molecule has 3 aromatic heterocycles. The van der Waals surface area contributed by atoms with Crippen molar-refractivity contribution in [3.8, 4) is 72.7 Å². The van der Waals surface area contributed by atoms with Crippen LogP contribution in [0.5, 0.6) is 0 Å². The van der Waals surface area contributed by atoms with Gasteiger partial charge in [0.25, 0.3) is 0 Å². The summed E-state index contributed by atoms with van der Waals surface area (Å²) in [4.78, 5) is 4.79. The predicted molar refractivity (Wildman–Crippen MR) is 461 cm³/mol. The molecule has 21 aromatic rings. The summed E-state index contributed by atoms with van der Waals surface area (Å²) in [6.45, 7) is 0. The van der Waals surface area contributed by atoms with Gasteiger partial charge in [-0.3, -0.25) is 0 Å². The molecule has 0 spiro atoms. The topological polar surface area (TPSA) is 21.3 Å². The molecule has 0 bridgehead atoms. The van der Waals surface area contributed by atoms with Crippen LogP contribution in [0.25, 0.3) is 160 Å². The van der Waals surface area contributed by atoms with Crippen molar-refractivity contribution in [2.75, 3.05) is 9.80 Å². The van der Waals surface area contributed by atoms with Crippen molar-refractivity contribution < 1.29 is 0 Å². The zero-order valence-corrected chi connectivity index (χ0v) is 59.6. The van der Waals surface area contributed by atoms with Crippen LogP contribution in [-0.4, -0.2) is 13.7 Å². The van der Waals surface area contributed by atoms with Crippen LogP contribution in [0.4, 0.5) is 34.1 Å². The van der Waals surface area contributed by atoms with Gasteiger partial charge >= 0.3 is 0 Å². The second kappa shape index (κ2) is 26.3. The van der Waals surface area contributed by atoms with E-state index in [4.69, 9.17) is 0 Å². The van der Waals surface area contributed by atoms with Gasteiger partial charge < -0.3 is 23.5 Å². The van der Waals surface area contributed by atoms with Crippen LogP contribution in [0, 0.1) is 0 Å². The summed E-state index contributed by atoms with van der Waals surface area (Å²) < 4.78 is 7.26. The smallest absolute Gasteiger partial charge is 0.0541 e. The first-order valence-electron chi connectivity index (χ1n) is 37.4. The number of nitrogens with zero attached hydrogens (tertiary/aromatic N) is 5. The molecule has 0 aliphatic rings. The number of hydrogen-bond acceptors (Lipinski definition) is 2. The van der Waals surface area contributed by atoms with Crippen molar-refractivity contribution in [2.45, 2.75) is 0 Å². The molecule has 0 aliphatic heterocycles. The first kappa shape index (κ1) is 63.0. The van der Waals surface area contributed by atoms with Crippen LogP contribution in [-0.2, 0) is 0 Å². The Morgan fingerprint density at radius 1 is 0.156 bits per heavy atom. The minimum absolute atomic E-state index is 1.05. The molecule has 18 aromatic carbocycles. The maximum atomic E-state index is 2.44. The first-order valence-corrected chi connectivity index (χ1v) is 37.4. The monoisotopic (exact) mass is 1390 g/mol. The molecule has 5 heteroatoms. The third kappa shape index (κ3) is 10.9. The number of fused-ring (bicyclic) bond motifs is 11. The Morgan fingerprint density at radius 2 is 0.486 bits per heavy atom. The molecule has 0 fully saturated rings. The average molecular weight is 1390 g/mol. The van der Waals surface area contributed by atoms with Gasteiger partial charge in [-0.05, 0) is 217 Å². The molecule has 0 amide bonds. The summed E-state index contributed by atoms with van der Waals surface area (Å²) >= 11 is 0. The number of anilines is 6. The molecule has 0 saturated heterocycles. The van der Waals surface area contributed by atoms with Crippen LogP contribution in [0.1, 0.15) is 0 Å². The molecule has 510 valence electrons. The summed E-state index contributed by atoms with van der Waals surface area (Å²) in [6.07, 6.45) is 0. The van der Waals surface area contributed by atoms with Gasteiger partial charge in [0.1, 0.15) is 0 Å². The molecular formula is C104H69N5. The Kier molecular flexibility index (Phi) is 15.2. The SMILES string of the molecule is c1ccc(-c2ccc(N(c3ccc(-c4cccc(-c5cccc6c(N(c7ccccc7)c7ccc8cc(-c9ccc(-n%10c%11ccccc%11c%11ccccc%11%10)cc9)ccc8c7)cccc56)c4)cc3)c3ccc(-c4cc(-n5c6ccccc6c6ccccc65)cc(-n5c6ccccc6c6ccccc65)c4)cc3)cc2)cc1. The second-order valence-corrected chi connectivity index (χ2v) is 28.4. The summed E-state index contributed by atoms with van der Waals surface area (Å²) in [6, 6.07) is 154. The van der Waals surface area contributed by atoms with Crippen molar-refractivity contribution in [2.24, 2.45) is 0 Å². The second-order valence-electron chi connectivity index (χ2n) is 28.4. The highest BCUT2D eigenvalue weighted by molar-refractivity contribution is 6.13. The first-order chi connectivity index (χ1) is 54.0. The Hall–Kier alpha value is -14.5. The number of hydrogen-bond donors (Lipinski definition) is 0. The third-order valence-electron chi connectivity index (χ3n) is 22.2. The van der Waals surface area contributed by atoms with E-state index in [1.165, 1.54) is 115 Å². The van der Waals surface area contributed by atoms with E-state index in [1.807, 2.05) is 0 Å². The van der Waals surface area contributed by atoms with Gasteiger partial charge in [0.05, 0.1) is 38.8 Å². The number of aromatic nitrogens is 3. The highest BCUT2D eigenvalue weighted by atomic mass is 15.1. The fourth-order valence-corrected chi connectivity index (χ4v) is 17.1. The van der Waals surface area contributed by atoms with E-state index < -0.39 is 0 Å². The van der Waals surface area contributed by atoms with E-state index in [0.29, 0.717) is 0 Å². The van der Waals surface area contributed by atoms with Crippen LogP contribution >= 0.6 is 0 Å². The molecule has 0 radical (unpaired) electrons. The minimum atomic E-state index is 1.05. The average Bonchev–Trinajstić information content (AvgIpc) is 1.64. The lowest BCUT2D eigenvalue weighted by molar-refractivity contribution is 1.13. The largest absolute Gasteiger partial charge is 0.311 e. The molecule has 0 saturated carbocycles. The van der Waals surface area contributed by atoms with Gasteiger partial charge in [0.2, 0.25) is 0 Å². The maximum Gasteiger partial charge on any atom is 0.0541 e. The Balaban J connectivity index is 0.609. The van der Waals surface area contributed by atoms with E-state index in [9.17, 15) is 0 Å². The van der Waals surface area contributed by atoms with Gasteiger partial charge in [0, 0.05) is 83.2 Å². The lowest BCUT2D eigenvalue weighted by Gasteiger charge is -2.27. The summed E-state index contributed by atoms with van der Waals surface area (Å²) in [5.41, 5.74) is 28.5. The van der Waals surface area contributed by atoms with Gasteiger partial charge in [-0.25, -0.2) is 0 Å². The van der Waals surface area contributed by atoms with Gasteiger partial charge in [-0.2, -0.15) is 0 Å². The zero-order valence-electron chi connectivity index (χ0n) is 59.6. The summed E-state index contributed by atoms with van der Waals surface area (Å²) in [5, 5.41) is 12.2. The number of rotatable bonds is 14. The molecule has 109 heavy (non-hydrogen) atoms. The van der Waals surface area contributed by atoms with Crippen molar-refractivity contribution in [1.29, 1.82) is 0 Å². The zero-order chi connectivity index (χ0) is 71.9. The summed E-state index contributed by atoms with van der Waals surface area (Å²) in [5.74, 6) is 0. The summed E-state index contributed by atoms with van der Waals surface area (Å²) in [7, 11) is 0. The number of benzene rings is 18. The lowest BCUT2D eigenvalue weighted by atomic mass is 9.94. The minimum Gasteiger partial charge on any atom is -0.311 e. The Morgan fingerprint density at radius 3 is 1.00 bits per heavy atom. The highest BCUT2D eigenvalue weighted by Gasteiger charge is 2.22. The Labute approximate surface area is 631 Å². The molecule has 0 aliphatic carbocycles. The maximum absolute atomic E-state index is 2.44. The van der Waals surface area contributed by atoms with E-state index in [2.05, 4.69) is 442 Å². The molecule has 5 nitrogen and oxygen atoms in total. The van der Waals surface area contributed by atoms with Crippen molar-refractivity contribution in [1.82, 2.24) is 13.7 Å². The third-order valence-corrected chi connectivity index (χ3v) is 22.2. The fraction of sp³-hybridized carbons (Fsp3) is 0. The number of para-hydroxylation sites is 7. The lowest BCUT2D eigenvalue weighted by Crippen LogP contribution is -2.10. The van der Waals surface area contributed by atoms with Crippen molar-refractivity contribution >= 4 is 121 Å². The van der Waals surface area contributed by atoms with Gasteiger partial charge in [0.15, 0.2) is 0 Å². The van der Waals surface area contributed by atoms with Crippen LogP contribution in [0.15, 0.2) is 419 Å². The standard InChI is InChI=1S/C104H69N5/c1-3-22-70(23-4-1)71-46-55-82(56-47-71)105(84-59-52-74(53-60-84)80-67-87(108-101-39-15-9-30-94(101)95-31-10-16-40-102(95)108)69-88(68-80)109-103-41-17-11-32-96(103)97-33-12-18-42-104(97)109)83-57-48-72(49-58-83)75-24-19-25-79(65-75)89-34-20-36-91-90(89)35-21-43-98(91)106(81-26-5-2-6-27-81)86-63-54-77-64-76(44-45-78(77)66-86)73-50-61-85(62-51-73)107-99-37-13-7-28-92(99)93-29-8-14-38-100(93)107/h1-69H. The molecule has 0 N–H and O–H groups in total. The molecule has 21 rings (SSSR count). The molecule has 3 heterocycles. The van der Waals surface area contributed by atoms with Crippen LogP contribution in [0.2, 0.25) is 0 Å².